The van der Waals surface area contributed by atoms with Crippen LogP contribution in [-0.2, 0) is 6.54 Å². The zero-order valence-electron chi connectivity index (χ0n) is 11.3. The van der Waals surface area contributed by atoms with Gasteiger partial charge in [0, 0.05) is 21.7 Å². The fourth-order valence-electron chi connectivity index (χ4n) is 1.77. The van der Waals surface area contributed by atoms with Crippen LogP contribution in [0, 0.1) is 10.1 Å². The first-order chi connectivity index (χ1) is 10.4. The van der Waals surface area contributed by atoms with Gasteiger partial charge in [0.05, 0.1) is 11.5 Å². The Hall–Kier alpha value is -2.31. The van der Waals surface area contributed by atoms with Crippen LogP contribution in [0.3, 0.4) is 0 Å². The fraction of sp³-hybridized carbons (Fsp3) is 0.0714. The molecule has 4 N–H and O–H groups in total. The highest BCUT2D eigenvalue weighted by Gasteiger charge is 2.13. The summed E-state index contributed by atoms with van der Waals surface area (Å²) in [5.74, 6) is 0.161. The van der Waals surface area contributed by atoms with Crippen LogP contribution in [-0.4, -0.2) is 10.8 Å². The van der Waals surface area contributed by atoms with Gasteiger partial charge in [-0.3, -0.25) is 15.1 Å². The second-order valence-electron chi connectivity index (χ2n) is 4.47. The van der Waals surface area contributed by atoms with Crippen molar-refractivity contribution in [1.29, 1.82) is 0 Å². The molecule has 0 fully saturated rings. The topological polar surface area (TPSA) is 108 Å². The molecule has 2 rings (SSSR count). The first-order valence-electron chi connectivity index (χ1n) is 6.16. The molecule has 2 aromatic rings. The number of anilines is 1. The first kappa shape index (κ1) is 16.1. The minimum Gasteiger partial charge on any atom is -0.393 e. The van der Waals surface area contributed by atoms with Crippen molar-refractivity contribution in [3.05, 3.63) is 67.7 Å². The predicted molar refractivity (Wildman–Crippen MR) is 88.4 cm³/mol. The third-order valence-electron chi connectivity index (χ3n) is 2.96. The molecule has 0 unspecified atom stereocenters. The van der Waals surface area contributed by atoms with Gasteiger partial charge in [-0.15, -0.1) is 0 Å². The smallest absolute Gasteiger partial charge is 0.292 e. The Bertz CT molecular complexity index is 763. The quantitative estimate of drug-likeness (QED) is 0.293. The standard InChI is InChI=1S/C14H12Cl2N4O2/c15-10-3-1-9(11(16)6-10)7-19-14(18)8-2-4-12(17)13(5-8)20(21)22/h1-6H,7,17H2,(H2,18,19). The molecule has 2 aromatic carbocycles. The normalized spacial score (nSPS) is 11.5. The van der Waals surface area contributed by atoms with Crippen molar-refractivity contribution in [3.63, 3.8) is 0 Å². The van der Waals surface area contributed by atoms with Crippen LogP contribution in [0.2, 0.25) is 10.0 Å². The third kappa shape index (κ3) is 3.66. The summed E-state index contributed by atoms with van der Waals surface area (Å²) in [6.07, 6.45) is 0. The molecular weight excluding hydrogens is 327 g/mol. The number of aliphatic imine (C=N–C) groups is 1. The summed E-state index contributed by atoms with van der Waals surface area (Å²) in [6, 6.07) is 9.33. The number of nitro groups is 1. The van der Waals surface area contributed by atoms with E-state index in [-0.39, 0.29) is 23.8 Å². The van der Waals surface area contributed by atoms with E-state index in [9.17, 15) is 10.1 Å². The summed E-state index contributed by atoms with van der Waals surface area (Å²) in [5, 5.41) is 11.9. The molecule has 0 atom stereocenters. The summed E-state index contributed by atoms with van der Waals surface area (Å²) in [7, 11) is 0. The Balaban J connectivity index is 2.25. The SMILES string of the molecule is NC(=NCc1ccc(Cl)cc1Cl)c1ccc(N)c([N+](=O)[O-])c1. The Morgan fingerprint density at radius 3 is 2.59 bits per heavy atom. The molecule has 0 aliphatic rings. The van der Waals surface area contributed by atoms with E-state index in [1.54, 1.807) is 24.3 Å². The molecule has 0 saturated carbocycles. The highest BCUT2D eigenvalue weighted by molar-refractivity contribution is 6.35. The van der Waals surface area contributed by atoms with E-state index in [4.69, 9.17) is 34.7 Å². The van der Waals surface area contributed by atoms with E-state index >= 15 is 0 Å². The molecule has 0 aromatic heterocycles. The van der Waals surface area contributed by atoms with Crippen LogP contribution in [0.4, 0.5) is 11.4 Å². The van der Waals surface area contributed by atoms with Crippen molar-refractivity contribution < 1.29 is 4.92 Å². The number of nitro benzene ring substituents is 1. The van der Waals surface area contributed by atoms with Gasteiger partial charge in [0.25, 0.3) is 5.69 Å². The van der Waals surface area contributed by atoms with Crippen molar-refractivity contribution in [3.8, 4) is 0 Å². The summed E-state index contributed by atoms with van der Waals surface area (Å²) in [6.45, 7) is 0.236. The van der Waals surface area contributed by atoms with E-state index < -0.39 is 4.92 Å². The maximum absolute atomic E-state index is 10.9. The lowest BCUT2D eigenvalue weighted by Gasteiger charge is -2.05. The predicted octanol–water partition coefficient (Wildman–Crippen LogP) is 3.39. The van der Waals surface area contributed by atoms with Gasteiger partial charge in [-0.1, -0.05) is 29.3 Å². The molecule has 6 nitrogen and oxygen atoms in total. The van der Waals surface area contributed by atoms with Gasteiger partial charge in [0.15, 0.2) is 0 Å². The Kier molecular flexibility index (Phi) is 4.85. The van der Waals surface area contributed by atoms with E-state index in [1.807, 2.05) is 0 Å². The van der Waals surface area contributed by atoms with Gasteiger partial charge < -0.3 is 11.5 Å². The number of nitrogen functional groups attached to an aromatic ring is 1. The largest absolute Gasteiger partial charge is 0.393 e. The fourth-order valence-corrected chi connectivity index (χ4v) is 2.24. The molecular formula is C14H12Cl2N4O2. The van der Waals surface area contributed by atoms with Gasteiger partial charge in [-0.2, -0.15) is 0 Å². The van der Waals surface area contributed by atoms with E-state index in [1.165, 1.54) is 12.1 Å². The van der Waals surface area contributed by atoms with Gasteiger partial charge in [-0.25, -0.2) is 0 Å². The molecule has 0 saturated heterocycles. The van der Waals surface area contributed by atoms with E-state index in [2.05, 4.69) is 4.99 Å². The molecule has 0 aliphatic heterocycles. The molecule has 0 spiro atoms. The molecule has 0 bridgehead atoms. The highest BCUT2D eigenvalue weighted by Crippen LogP contribution is 2.23. The van der Waals surface area contributed by atoms with Gasteiger partial charge in [-0.05, 0) is 29.8 Å². The molecule has 0 heterocycles. The van der Waals surface area contributed by atoms with Crippen LogP contribution in [0.5, 0.6) is 0 Å². The summed E-state index contributed by atoms with van der Waals surface area (Å²) < 4.78 is 0. The lowest BCUT2D eigenvalue weighted by atomic mass is 10.1. The molecule has 0 amide bonds. The minimum atomic E-state index is -0.567. The number of nitrogens with zero attached hydrogens (tertiary/aromatic N) is 2. The average Bonchev–Trinajstić information content (AvgIpc) is 2.46. The number of rotatable bonds is 4. The third-order valence-corrected chi connectivity index (χ3v) is 3.54. The second-order valence-corrected chi connectivity index (χ2v) is 5.31. The Labute approximate surface area is 136 Å². The van der Waals surface area contributed by atoms with Crippen LogP contribution in [0.15, 0.2) is 41.4 Å². The zero-order valence-corrected chi connectivity index (χ0v) is 12.8. The van der Waals surface area contributed by atoms with Crippen LogP contribution >= 0.6 is 23.2 Å². The second kappa shape index (κ2) is 6.64. The summed E-state index contributed by atoms with van der Waals surface area (Å²) in [5.41, 5.74) is 12.4. The average molecular weight is 339 g/mol. The Morgan fingerprint density at radius 2 is 1.95 bits per heavy atom. The van der Waals surface area contributed by atoms with Gasteiger partial charge in [0.2, 0.25) is 0 Å². The maximum Gasteiger partial charge on any atom is 0.292 e. The minimum absolute atomic E-state index is 0.0716. The molecule has 0 radical (unpaired) electrons. The lowest BCUT2D eigenvalue weighted by Crippen LogP contribution is -2.14. The van der Waals surface area contributed by atoms with Crippen molar-refractivity contribution in [2.45, 2.75) is 6.54 Å². The van der Waals surface area contributed by atoms with E-state index in [0.717, 1.165) is 5.56 Å². The maximum atomic E-state index is 10.9. The number of amidine groups is 1. The van der Waals surface area contributed by atoms with Crippen molar-refractivity contribution in [2.24, 2.45) is 10.7 Å². The number of benzene rings is 2. The monoisotopic (exact) mass is 338 g/mol. The van der Waals surface area contributed by atoms with E-state index in [0.29, 0.717) is 15.6 Å². The first-order valence-corrected chi connectivity index (χ1v) is 6.92. The highest BCUT2D eigenvalue weighted by atomic mass is 35.5. The molecule has 0 aliphatic carbocycles. The molecule has 8 heteroatoms. The zero-order chi connectivity index (χ0) is 16.3. The van der Waals surface area contributed by atoms with Crippen LogP contribution in [0.1, 0.15) is 11.1 Å². The summed E-state index contributed by atoms with van der Waals surface area (Å²) >= 11 is 11.9. The number of halogens is 2. The van der Waals surface area contributed by atoms with Crippen molar-refractivity contribution >= 4 is 40.4 Å². The van der Waals surface area contributed by atoms with Crippen LogP contribution < -0.4 is 11.5 Å². The summed E-state index contributed by atoms with van der Waals surface area (Å²) in [4.78, 5) is 14.5. The molecule has 22 heavy (non-hydrogen) atoms. The van der Waals surface area contributed by atoms with Crippen molar-refractivity contribution in [1.82, 2.24) is 0 Å². The Morgan fingerprint density at radius 1 is 1.23 bits per heavy atom. The lowest BCUT2D eigenvalue weighted by molar-refractivity contribution is -0.383. The van der Waals surface area contributed by atoms with Gasteiger partial charge >= 0.3 is 0 Å². The number of hydrogen-bond acceptors (Lipinski definition) is 4. The number of nitrogens with two attached hydrogens (primary N) is 2. The number of hydrogen-bond donors (Lipinski definition) is 2. The van der Waals surface area contributed by atoms with Crippen LogP contribution in [0.25, 0.3) is 0 Å². The van der Waals surface area contributed by atoms with Gasteiger partial charge in [0.1, 0.15) is 11.5 Å². The van der Waals surface area contributed by atoms with Crippen molar-refractivity contribution in [2.75, 3.05) is 5.73 Å². The molecule has 114 valence electrons.